The van der Waals surface area contributed by atoms with Crippen LogP contribution in [0.4, 0.5) is 0 Å². The van der Waals surface area contributed by atoms with E-state index < -0.39 is 0 Å². The van der Waals surface area contributed by atoms with E-state index in [1.165, 1.54) is 6.33 Å². The number of benzene rings is 1. The molecule has 2 heterocycles. The first-order valence-corrected chi connectivity index (χ1v) is 8.43. The minimum absolute atomic E-state index is 0.527. The Hall–Kier alpha value is -2.00. The maximum Gasteiger partial charge on any atom is 0.203 e. The van der Waals surface area contributed by atoms with Crippen LogP contribution in [-0.4, -0.2) is 41.5 Å². The SMILES string of the molecule is COc1ccc(-c2c(Br)[nH]c(-c3ncn[nH]3)c2Br)c(OC)c1OC. The van der Waals surface area contributed by atoms with Gasteiger partial charge in [0.05, 0.1) is 36.1 Å². The topological polar surface area (TPSA) is 85.1 Å². The molecule has 0 aliphatic rings. The molecule has 9 heteroatoms. The number of nitrogens with zero attached hydrogens (tertiary/aromatic N) is 2. The molecular formula is C15H14Br2N4O3. The molecule has 3 aromatic rings. The molecule has 0 aliphatic carbocycles. The van der Waals surface area contributed by atoms with Crippen LogP contribution in [0.3, 0.4) is 0 Å². The van der Waals surface area contributed by atoms with Crippen LogP contribution < -0.4 is 14.2 Å². The largest absolute Gasteiger partial charge is 0.493 e. The van der Waals surface area contributed by atoms with Crippen molar-refractivity contribution < 1.29 is 14.2 Å². The Morgan fingerprint density at radius 3 is 2.33 bits per heavy atom. The van der Waals surface area contributed by atoms with E-state index in [0.717, 1.165) is 25.9 Å². The fourth-order valence-corrected chi connectivity index (χ4v) is 4.05. The second kappa shape index (κ2) is 6.86. The van der Waals surface area contributed by atoms with Crippen molar-refractivity contribution in [1.29, 1.82) is 0 Å². The molecule has 0 atom stereocenters. The highest BCUT2D eigenvalue weighted by molar-refractivity contribution is 9.11. The summed E-state index contributed by atoms with van der Waals surface area (Å²) in [6, 6.07) is 3.74. The van der Waals surface area contributed by atoms with Crippen LogP contribution in [0.1, 0.15) is 0 Å². The number of aromatic amines is 2. The normalized spacial score (nSPS) is 10.7. The van der Waals surface area contributed by atoms with Crippen molar-refractivity contribution in [3.05, 3.63) is 27.5 Å². The average molecular weight is 458 g/mol. The zero-order chi connectivity index (χ0) is 17.3. The number of hydrogen-bond donors (Lipinski definition) is 2. The van der Waals surface area contributed by atoms with E-state index in [1.54, 1.807) is 21.3 Å². The van der Waals surface area contributed by atoms with Gasteiger partial charge in [-0.2, -0.15) is 5.10 Å². The standard InChI is InChI=1S/C15H14Br2N4O3/c1-22-8-5-4-7(12(23-2)13(8)24-3)9-10(16)11(20-14(9)17)15-18-6-19-21-15/h4-6,20H,1-3H3,(H,18,19,21). The lowest BCUT2D eigenvalue weighted by Crippen LogP contribution is -1.97. The van der Waals surface area contributed by atoms with Gasteiger partial charge < -0.3 is 19.2 Å². The molecule has 7 nitrogen and oxygen atoms in total. The predicted octanol–water partition coefficient (Wildman–Crippen LogP) is 4.02. The first kappa shape index (κ1) is 16.8. The van der Waals surface area contributed by atoms with Gasteiger partial charge >= 0.3 is 0 Å². The number of halogens is 2. The van der Waals surface area contributed by atoms with E-state index in [9.17, 15) is 0 Å². The highest BCUT2D eigenvalue weighted by Gasteiger charge is 2.24. The summed E-state index contributed by atoms with van der Waals surface area (Å²) in [6.45, 7) is 0. The fourth-order valence-electron chi connectivity index (χ4n) is 2.47. The zero-order valence-electron chi connectivity index (χ0n) is 13.1. The number of ether oxygens (including phenoxy) is 3. The van der Waals surface area contributed by atoms with E-state index in [0.29, 0.717) is 23.1 Å². The summed E-state index contributed by atoms with van der Waals surface area (Å²) in [4.78, 5) is 7.41. The first-order chi connectivity index (χ1) is 11.6. The van der Waals surface area contributed by atoms with Crippen molar-refractivity contribution in [2.45, 2.75) is 0 Å². The number of nitrogens with one attached hydrogen (secondary N) is 2. The van der Waals surface area contributed by atoms with E-state index in [2.05, 4.69) is 52.0 Å². The van der Waals surface area contributed by atoms with E-state index in [-0.39, 0.29) is 0 Å². The summed E-state index contributed by atoms with van der Waals surface area (Å²) in [6.07, 6.45) is 1.45. The molecular weight excluding hydrogens is 444 g/mol. The highest BCUT2D eigenvalue weighted by atomic mass is 79.9. The third-order valence-electron chi connectivity index (χ3n) is 3.52. The Morgan fingerprint density at radius 2 is 1.75 bits per heavy atom. The summed E-state index contributed by atoms with van der Waals surface area (Å²) in [7, 11) is 4.75. The van der Waals surface area contributed by atoms with Crippen LogP contribution in [0.5, 0.6) is 17.2 Å². The summed E-state index contributed by atoms with van der Waals surface area (Å²) >= 11 is 7.19. The Bertz CT molecular complexity index is 862. The molecule has 0 amide bonds. The lowest BCUT2D eigenvalue weighted by atomic mass is 10.1. The van der Waals surface area contributed by atoms with E-state index in [4.69, 9.17) is 14.2 Å². The quantitative estimate of drug-likeness (QED) is 0.604. The predicted molar refractivity (Wildman–Crippen MR) is 96.7 cm³/mol. The van der Waals surface area contributed by atoms with Crippen LogP contribution in [0, 0.1) is 0 Å². The second-order valence-corrected chi connectivity index (χ2v) is 6.30. The molecule has 2 N–H and O–H groups in total. The molecule has 1 aromatic carbocycles. The first-order valence-electron chi connectivity index (χ1n) is 6.84. The Labute approximate surface area is 155 Å². The fraction of sp³-hybridized carbons (Fsp3) is 0.200. The van der Waals surface area contributed by atoms with Gasteiger partial charge in [0.2, 0.25) is 5.75 Å². The number of hydrogen-bond acceptors (Lipinski definition) is 5. The molecule has 0 saturated heterocycles. The number of H-pyrrole nitrogens is 2. The molecule has 0 aliphatic heterocycles. The maximum atomic E-state index is 5.58. The van der Waals surface area contributed by atoms with E-state index in [1.807, 2.05) is 12.1 Å². The van der Waals surface area contributed by atoms with Gasteiger partial charge in [-0.05, 0) is 44.0 Å². The third kappa shape index (κ3) is 2.67. The summed E-state index contributed by atoms with van der Waals surface area (Å²) in [5.41, 5.74) is 2.47. The lowest BCUT2D eigenvalue weighted by molar-refractivity contribution is 0.325. The van der Waals surface area contributed by atoms with Crippen molar-refractivity contribution in [2.24, 2.45) is 0 Å². The number of methoxy groups -OCH3 is 3. The van der Waals surface area contributed by atoms with Gasteiger partial charge in [-0.25, -0.2) is 4.98 Å². The van der Waals surface area contributed by atoms with Gasteiger partial charge in [0, 0.05) is 11.1 Å². The Balaban J connectivity index is 2.23. The van der Waals surface area contributed by atoms with Gasteiger partial charge in [0.15, 0.2) is 17.3 Å². The molecule has 0 fully saturated rings. The van der Waals surface area contributed by atoms with Crippen molar-refractivity contribution in [1.82, 2.24) is 20.2 Å². The highest BCUT2D eigenvalue weighted by Crippen LogP contribution is 2.49. The summed E-state index contributed by atoms with van der Waals surface area (Å²) in [5, 5.41) is 6.72. The zero-order valence-corrected chi connectivity index (χ0v) is 16.3. The van der Waals surface area contributed by atoms with Crippen LogP contribution in [0.2, 0.25) is 0 Å². The van der Waals surface area contributed by atoms with Gasteiger partial charge in [0.1, 0.15) is 6.33 Å². The minimum atomic E-state index is 0.527. The molecule has 3 rings (SSSR count). The molecule has 0 spiro atoms. The summed E-state index contributed by atoms with van der Waals surface area (Å²) < 4.78 is 18.0. The molecule has 0 unspecified atom stereocenters. The van der Waals surface area contributed by atoms with Gasteiger partial charge in [-0.1, -0.05) is 0 Å². The average Bonchev–Trinajstić information content (AvgIpc) is 3.21. The van der Waals surface area contributed by atoms with Gasteiger partial charge in [-0.15, -0.1) is 0 Å². The van der Waals surface area contributed by atoms with Crippen LogP contribution in [0.25, 0.3) is 22.6 Å². The van der Waals surface area contributed by atoms with Crippen molar-refractivity contribution in [3.63, 3.8) is 0 Å². The van der Waals surface area contributed by atoms with Crippen molar-refractivity contribution in [3.8, 4) is 39.9 Å². The van der Waals surface area contributed by atoms with Crippen LogP contribution in [-0.2, 0) is 0 Å². The maximum absolute atomic E-state index is 5.58. The number of rotatable bonds is 5. The molecule has 0 saturated carbocycles. The van der Waals surface area contributed by atoms with Crippen LogP contribution >= 0.6 is 31.9 Å². The van der Waals surface area contributed by atoms with Gasteiger partial charge in [-0.3, -0.25) is 5.10 Å². The third-order valence-corrected chi connectivity index (χ3v) is 4.91. The molecule has 2 aromatic heterocycles. The Morgan fingerprint density at radius 1 is 1.00 bits per heavy atom. The van der Waals surface area contributed by atoms with E-state index >= 15 is 0 Å². The van der Waals surface area contributed by atoms with Crippen molar-refractivity contribution >= 4 is 31.9 Å². The molecule has 126 valence electrons. The number of aromatic nitrogens is 4. The monoisotopic (exact) mass is 456 g/mol. The summed E-state index contributed by atoms with van der Waals surface area (Å²) in [5.74, 6) is 2.31. The smallest absolute Gasteiger partial charge is 0.203 e. The second-order valence-electron chi connectivity index (χ2n) is 4.72. The van der Waals surface area contributed by atoms with Crippen molar-refractivity contribution in [2.75, 3.05) is 21.3 Å². The molecule has 0 bridgehead atoms. The van der Waals surface area contributed by atoms with Crippen LogP contribution in [0.15, 0.2) is 27.5 Å². The van der Waals surface area contributed by atoms with Gasteiger partial charge in [0.25, 0.3) is 0 Å². The minimum Gasteiger partial charge on any atom is -0.493 e. The molecule has 24 heavy (non-hydrogen) atoms. The lowest BCUT2D eigenvalue weighted by Gasteiger charge is -2.15. The molecule has 0 radical (unpaired) electrons. The Kier molecular flexibility index (Phi) is 4.81.